The molecule has 1 fully saturated rings. The lowest BCUT2D eigenvalue weighted by atomic mass is 10.1. The molecule has 29 heavy (non-hydrogen) atoms. The van der Waals surface area contributed by atoms with Crippen LogP contribution in [-0.4, -0.2) is 46.5 Å². The topological polar surface area (TPSA) is 117 Å². The maximum Gasteiger partial charge on any atom is 0.252 e. The number of rotatable bonds is 4. The minimum Gasteiger partial charge on any atom is -0.326 e. The summed E-state index contributed by atoms with van der Waals surface area (Å²) >= 11 is 0. The monoisotopic (exact) mass is 415 g/mol. The Hall–Kier alpha value is -2.98. The second-order valence-corrected chi connectivity index (χ2v) is 9.21. The maximum atomic E-state index is 13.2. The zero-order valence-corrected chi connectivity index (χ0v) is 16.9. The molecule has 1 aliphatic rings. The number of aryl methyl sites for hydroxylation is 2. The highest BCUT2D eigenvalue weighted by atomic mass is 32.2. The normalized spacial score (nSPS) is 17.7. The zero-order chi connectivity index (χ0) is 20.8. The van der Waals surface area contributed by atoms with Crippen LogP contribution < -0.4 is 10.9 Å². The predicted octanol–water partition coefficient (Wildman–Crippen LogP) is 1.22. The molecule has 1 unspecified atom stereocenters. The number of carbonyl (C=O) groups is 1. The van der Waals surface area contributed by atoms with Gasteiger partial charge in [-0.15, -0.1) is 0 Å². The lowest BCUT2D eigenvalue weighted by molar-refractivity contribution is -0.119. The molecule has 1 atom stereocenters. The van der Waals surface area contributed by atoms with Gasteiger partial charge in [0.15, 0.2) is 0 Å². The summed E-state index contributed by atoms with van der Waals surface area (Å²) in [6, 6.07) is 6.44. The molecule has 3 aromatic rings. The summed E-state index contributed by atoms with van der Waals surface area (Å²) in [6.45, 7) is 2.17. The second-order valence-electron chi connectivity index (χ2n) is 7.30. The van der Waals surface area contributed by atoms with Crippen molar-refractivity contribution in [3.8, 4) is 0 Å². The Labute approximate surface area is 167 Å². The number of aromatic nitrogens is 3. The van der Waals surface area contributed by atoms with E-state index in [2.05, 4.69) is 15.5 Å². The Kier molecular flexibility index (Phi) is 4.75. The van der Waals surface area contributed by atoms with Gasteiger partial charge in [0.25, 0.3) is 5.56 Å². The highest BCUT2D eigenvalue weighted by molar-refractivity contribution is 7.89. The van der Waals surface area contributed by atoms with Gasteiger partial charge in [-0.3, -0.25) is 14.7 Å². The van der Waals surface area contributed by atoms with Crippen LogP contribution in [0.2, 0.25) is 0 Å². The molecule has 0 bridgehead atoms. The van der Waals surface area contributed by atoms with E-state index < -0.39 is 15.9 Å². The van der Waals surface area contributed by atoms with Crippen molar-refractivity contribution < 1.29 is 13.2 Å². The van der Waals surface area contributed by atoms with E-state index in [4.69, 9.17) is 0 Å². The number of pyridine rings is 1. The van der Waals surface area contributed by atoms with Gasteiger partial charge in [-0.05, 0) is 37.1 Å². The smallest absolute Gasteiger partial charge is 0.252 e. The molecule has 2 aromatic heterocycles. The fourth-order valence-electron chi connectivity index (χ4n) is 3.54. The average Bonchev–Trinajstić information content (AvgIpc) is 3.33. The molecule has 1 amide bonds. The maximum absolute atomic E-state index is 13.2. The van der Waals surface area contributed by atoms with Gasteiger partial charge in [0.05, 0.1) is 17.6 Å². The molecule has 1 aromatic carbocycles. The average molecular weight is 415 g/mol. The summed E-state index contributed by atoms with van der Waals surface area (Å²) in [7, 11) is -2.16. The number of hydrogen-bond acceptors (Lipinski definition) is 5. The summed E-state index contributed by atoms with van der Waals surface area (Å²) in [6.07, 6.45) is 3.57. The van der Waals surface area contributed by atoms with Crippen molar-refractivity contribution in [3.05, 3.63) is 52.6 Å². The van der Waals surface area contributed by atoms with E-state index in [0.29, 0.717) is 17.6 Å². The third kappa shape index (κ3) is 3.56. The van der Waals surface area contributed by atoms with E-state index in [-0.39, 0.29) is 29.5 Å². The van der Waals surface area contributed by atoms with Gasteiger partial charge >= 0.3 is 0 Å². The van der Waals surface area contributed by atoms with Crippen LogP contribution in [0.4, 0.5) is 5.69 Å². The number of sulfonamides is 1. The largest absolute Gasteiger partial charge is 0.326 e. The van der Waals surface area contributed by atoms with E-state index in [9.17, 15) is 18.0 Å². The van der Waals surface area contributed by atoms with Crippen molar-refractivity contribution in [2.24, 2.45) is 13.0 Å². The van der Waals surface area contributed by atoms with E-state index in [0.717, 1.165) is 10.9 Å². The van der Waals surface area contributed by atoms with E-state index in [1.807, 2.05) is 13.0 Å². The molecule has 4 rings (SSSR count). The van der Waals surface area contributed by atoms with Crippen molar-refractivity contribution in [3.63, 3.8) is 0 Å². The minimum atomic E-state index is -3.78. The number of nitrogens with one attached hydrogen (secondary N) is 2. The molecular weight excluding hydrogens is 394 g/mol. The van der Waals surface area contributed by atoms with Gasteiger partial charge in [-0.1, -0.05) is 0 Å². The van der Waals surface area contributed by atoms with Crippen molar-refractivity contribution in [2.75, 3.05) is 18.4 Å². The Bertz CT molecular complexity index is 1260. The Balaban J connectivity index is 1.54. The molecule has 0 radical (unpaired) electrons. The molecule has 3 heterocycles. The summed E-state index contributed by atoms with van der Waals surface area (Å²) in [4.78, 5) is 24.5. The number of benzene rings is 1. The van der Waals surface area contributed by atoms with Crippen LogP contribution >= 0.6 is 0 Å². The minimum absolute atomic E-state index is 0.0859. The second kappa shape index (κ2) is 7.12. The third-order valence-electron chi connectivity index (χ3n) is 5.17. The SMILES string of the molecule is Cc1cc(S(=O)(=O)N2CCC(C(=O)Nc3ccn(C)c(=O)c3)C2)c2[nH]ncc2c1. The van der Waals surface area contributed by atoms with E-state index >= 15 is 0 Å². The van der Waals surface area contributed by atoms with Crippen LogP contribution in [0.5, 0.6) is 0 Å². The zero-order valence-electron chi connectivity index (χ0n) is 16.0. The predicted molar refractivity (Wildman–Crippen MR) is 108 cm³/mol. The van der Waals surface area contributed by atoms with E-state index in [1.54, 1.807) is 31.6 Å². The molecular formula is C19H21N5O4S. The first-order chi connectivity index (χ1) is 13.8. The first-order valence-corrected chi connectivity index (χ1v) is 10.6. The van der Waals surface area contributed by atoms with Crippen LogP contribution in [0, 0.1) is 12.8 Å². The Morgan fingerprint density at radius 2 is 2.10 bits per heavy atom. The van der Waals surface area contributed by atoms with Gasteiger partial charge in [-0.2, -0.15) is 9.40 Å². The summed E-state index contributed by atoms with van der Waals surface area (Å²) in [5.74, 6) is -0.789. The number of H-pyrrole nitrogens is 1. The summed E-state index contributed by atoms with van der Waals surface area (Å²) in [5.41, 5.74) is 1.44. The van der Waals surface area contributed by atoms with Crippen LogP contribution in [0.1, 0.15) is 12.0 Å². The Morgan fingerprint density at radius 1 is 1.31 bits per heavy atom. The quantitative estimate of drug-likeness (QED) is 0.664. The van der Waals surface area contributed by atoms with Gasteiger partial charge in [0, 0.05) is 43.5 Å². The molecule has 1 aliphatic heterocycles. The molecule has 1 saturated heterocycles. The van der Waals surface area contributed by atoms with Crippen molar-refractivity contribution >= 4 is 32.5 Å². The number of fused-ring (bicyclic) bond motifs is 1. The van der Waals surface area contributed by atoms with Crippen LogP contribution in [-0.2, 0) is 21.9 Å². The molecule has 0 saturated carbocycles. The number of carbonyl (C=O) groups excluding carboxylic acids is 1. The highest BCUT2D eigenvalue weighted by Crippen LogP contribution is 2.29. The standard InChI is InChI=1S/C19H21N5O4S/c1-12-7-14-10-20-22-18(14)16(8-12)29(27,28)24-6-3-13(11-24)19(26)21-15-4-5-23(2)17(25)9-15/h4-5,7-10,13H,3,6,11H2,1-2H3,(H,20,22)(H,21,26). The fourth-order valence-corrected chi connectivity index (χ4v) is 5.30. The fraction of sp³-hybridized carbons (Fsp3) is 0.316. The lowest BCUT2D eigenvalue weighted by Gasteiger charge is -2.17. The van der Waals surface area contributed by atoms with Crippen molar-refractivity contribution in [1.82, 2.24) is 19.1 Å². The first-order valence-electron chi connectivity index (χ1n) is 9.17. The first kappa shape index (κ1) is 19.3. The number of nitrogens with zero attached hydrogens (tertiary/aromatic N) is 3. The summed E-state index contributed by atoms with van der Waals surface area (Å²) < 4.78 is 29.1. The van der Waals surface area contributed by atoms with Gasteiger partial charge in [0.2, 0.25) is 15.9 Å². The molecule has 0 spiro atoms. The highest BCUT2D eigenvalue weighted by Gasteiger charge is 2.37. The van der Waals surface area contributed by atoms with Crippen LogP contribution in [0.3, 0.4) is 0 Å². The van der Waals surface area contributed by atoms with Gasteiger partial charge < -0.3 is 9.88 Å². The van der Waals surface area contributed by atoms with Crippen LogP contribution in [0.25, 0.3) is 10.9 Å². The molecule has 0 aliphatic carbocycles. The molecule has 10 heteroatoms. The number of amides is 1. The molecule has 9 nitrogen and oxygen atoms in total. The number of anilines is 1. The van der Waals surface area contributed by atoms with E-state index in [1.165, 1.54) is 14.9 Å². The molecule has 2 N–H and O–H groups in total. The summed E-state index contributed by atoms with van der Waals surface area (Å²) in [5, 5.41) is 10.1. The third-order valence-corrected chi connectivity index (χ3v) is 7.06. The number of hydrogen-bond donors (Lipinski definition) is 2. The van der Waals surface area contributed by atoms with Crippen molar-refractivity contribution in [1.29, 1.82) is 0 Å². The Morgan fingerprint density at radius 3 is 2.86 bits per heavy atom. The van der Waals surface area contributed by atoms with Gasteiger partial charge in [0.1, 0.15) is 4.90 Å². The van der Waals surface area contributed by atoms with Crippen LogP contribution in [0.15, 0.2) is 46.3 Å². The molecule has 152 valence electrons. The number of aromatic amines is 1. The van der Waals surface area contributed by atoms with Crippen molar-refractivity contribution in [2.45, 2.75) is 18.2 Å². The van der Waals surface area contributed by atoms with Gasteiger partial charge in [-0.25, -0.2) is 8.42 Å². The lowest BCUT2D eigenvalue weighted by Crippen LogP contribution is -2.32.